The zero-order valence-electron chi connectivity index (χ0n) is 29.7. The van der Waals surface area contributed by atoms with Gasteiger partial charge in [0.1, 0.15) is 0 Å². The van der Waals surface area contributed by atoms with Crippen LogP contribution in [-0.2, 0) is 11.8 Å². The Balaban J connectivity index is 1.49. The molecule has 1 heterocycles. The van der Waals surface area contributed by atoms with Gasteiger partial charge in [0.25, 0.3) is 0 Å². The van der Waals surface area contributed by atoms with Gasteiger partial charge in [-0.15, -0.1) is 0 Å². The summed E-state index contributed by atoms with van der Waals surface area (Å²) in [7, 11) is 0. The molecule has 0 radical (unpaired) electrons. The van der Waals surface area contributed by atoms with E-state index in [4.69, 9.17) is 0 Å². The van der Waals surface area contributed by atoms with Gasteiger partial charge in [0.15, 0.2) is 0 Å². The number of fused-ring (bicyclic) bond motifs is 6. The summed E-state index contributed by atoms with van der Waals surface area (Å²) in [6.45, 7) is 6.93. The maximum atomic E-state index is 2.66. The number of benzene rings is 4. The van der Waals surface area contributed by atoms with E-state index in [9.17, 15) is 0 Å². The van der Waals surface area contributed by atoms with Gasteiger partial charge >= 0.3 is 0 Å². The van der Waals surface area contributed by atoms with Gasteiger partial charge in [0.05, 0.1) is 11.0 Å². The lowest BCUT2D eigenvalue weighted by Crippen LogP contribution is -2.25. The summed E-state index contributed by atoms with van der Waals surface area (Å²) >= 11 is 5.06. The maximum Gasteiger partial charge on any atom is 0.0547 e. The van der Waals surface area contributed by atoms with Crippen molar-refractivity contribution in [1.29, 1.82) is 0 Å². The summed E-state index contributed by atoms with van der Waals surface area (Å²) in [5, 5.41) is 2.79. The summed E-state index contributed by atoms with van der Waals surface area (Å²) < 4.78 is 5.21. The van der Waals surface area contributed by atoms with Crippen molar-refractivity contribution in [2.24, 2.45) is 0 Å². The van der Waals surface area contributed by atoms with E-state index < -0.39 is 0 Å². The number of rotatable bonds is 18. The van der Waals surface area contributed by atoms with Crippen molar-refractivity contribution < 1.29 is 0 Å². The predicted molar refractivity (Wildman–Crippen MR) is 227 cm³/mol. The largest absolute Gasteiger partial charge is 0.309 e. The van der Waals surface area contributed by atoms with E-state index in [2.05, 4.69) is 143 Å². The first-order chi connectivity index (χ1) is 23.5. The Kier molecular flexibility index (Phi) is 12.7. The van der Waals surface area contributed by atoms with Gasteiger partial charge < -0.3 is 4.57 Å². The molecule has 6 rings (SSSR count). The SMILES string of the molecule is CCCCCCCCC1(CCCCCCCC)c2cc(I)ccc2-c2cc3c(cc21)c1cc(I)ccc1n3-c1ccc(CCCC)cc1. The minimum absolute atomic E-state index is 0.0901. The van der Waals surface area contributed by atoms with E-state index in [-0.39, 0.29) is 5.41 Å². The van der Waals surface area contributed by atoms with Crippen molar-refractivity contribution >= 4 is 67.0 Å². The third-order valence-electron chi connectivity index (χ3n) is 11.1. The van der Waals surface area contributed by atoms with Gasteiger partial charge in [-0.05, 0) is 153 Å². The van der Waals surface area contributed by atoms with Gasteiger partial charge in [0, 0.05) is 29.0 Å². The second-order valence-electron chi connectivity index (χ2n) is 14.5. The van der Waals surface area contributed by atoms with Gasteiger partial charge in [-0.3, -0.25) is 0 Å². The van der Waals surface area contributed by atoms with E-state index in [0.29, 0.717) is 0 Å². The van der Waals surface area contributed by atoms with Crippen LogP contribution in [0.4, 0.5) is 0 Å². The Morgan fingerprint density at radius 2 is 1.06 bits per heavy atom. The Bertz CT molecular complexity index is 1800. The lowest BCUT2D eigenvalue weighted by molar-refractivity contribution is 0.398. The number of hydrogen-bond donors (Lipinski definition) is 0. The standard InChI is InChI=1S/C45H55I2N/c1-4-7-10-12-14-16-27-45(28-17-15-13-11-8-5-2)41-30-35(47)21-25-37(41)38-32-44-40(31-42(38)45)39-29-34(46)22-26-43(39)48(44)36-23-19-33(20-24-36)18-9-6-3/h19-26,29-32H,4-18,27-28H2,1-3H3. The van der Waals surface area contributed by atoms with Gasteiger partial charge in [-0.25, -0.2) is 0 Å². The molecule has 1 aliphatic carbocycles. The fourth-order valence-corrected chi connectivity index (χ4v) is 9.48. The van der Waals surface area contributed by atoms with E-state index >= 15 is 0 Å². The van der Waals surface area contributed by atoms with Crippen molar-refractivity contribution in [2.75, 3.05) is 0 Å². The van der Waals surface area contributed by atoms with Crippen LogP contribution in [0.2, 0.25) is 0 Å². The van der Waals surface area contributed by atoms with E-state index in [0.717, 1.165) is 6.42 Å². The van der Waals surface area contributed by atoms with Crippen LogP contribution < -0.4 is 0 Å². The van der Waals surface area contributed by atoms with Crippen molar-refractivity contribution in [3.05, 3.63) is 96.6 Å². The number of unbranched alkanes of at least 4 members (excludes halogenated alkanes) is 11. The molecule has 48 heavy (non-hydrogen) atoms. The lowest BCUT2D eigenvalue weighted by atomic mass is 9.70. The summed E-state index contributed by atoms with van der Waals surface area (Å²) in [4.78, 5) is 0. The number of aromatic nitrogens is 1. The molecule has 0 bridgehead atoms. The van der Waals surface area contributed by atoms with Crippen molar-refractivity contribution in [2.45, 2.75) is 135 Å². The second kappa shape index (κ2) is 16.9. The molecule has 4 aromatic carbocycles. The molecule has 3 heteroatoms. The monoisotopic (exact) mass is 863 g/mol. The van der Waals surface area contributed by atoms with Gasteiger partial charge in [-0.2, -0.15) is 0 Å². The fraction of sp³-hybridized carbons (Fsp3) is 0.467. The molecule has 5 aromatic rings. The third kappa shape index (κ3) is 7.57. The number of hydrogen-bond acceptors (Lipinski definition) is 0. The third-order valence-corrected chi connectivity index (χ3v) is 12.4. The molecule has 0 saturated heterocycles. The Hall–Kier alpha value is -1.86. The number of nitrogens with zero attached hydrogens (tertiary/aromatic N) is 1. The van der Waals surface area contributed by atoms with Crippen LogP contribution in [0.15, 0.2) is 72.8 Å². The smallest absolute Gasteiger partial charge is 0.0547 e. The molecular formula is C45H55I2N. The molecule has 0 aliphatic heterocycles. The molecule has 0 saturated carbocycles. The highest BCUT2D eigenvalue weighted by molar-refractivity contribution is 14.1. The Morgan fingerprint density at radius 1 is 0.500 bits per heavy atom. The van der Waals surface area contributed by atoms with E-state index in [1.54, 1.807) is 11.1 Å². The van der Waals surface area contributed by atoms with Crippen molar-refractivity contribution in [3.63, 3.8) is 0 Å². The van der Waals surface area contributed by atoms with Crippen LogP contribution in [0, 0.1) is 7.14 Å². The number of halogens is 2. The van der Waals surface area contributed by atoms with Crippen LogP contribution in [0.25, 0.3) is 38.6 Å². The zero-order valence-corrected chi connectivity index (χ0v) is 34.0. The van der Waals surface area contributed by atoms with Crippen LogP contribution in [0.1, 0.15) is 140 Å². The molecule has 254 valence electrons. The van der Waals surface area contributed by atoms with Gasteiger partial charge in [-0.1, -0.05) is 122 Å². The van der Waals surface area contributed by atoms with Crippen LogP contribution in [0.5, 0.6) is 0 Å². The number of aryl methyl sites for hydroxylation is 1. The average Bonchev–Trinajstić information content (AvgIpc) is 3.54. The van der Waals surface area contributed by atoms with E-state index in [1.165, 1.54) is 154 Å². The molecule has 0 unspecified atom stereocenters. The Labute approximate surface area is 318 Å². The average molecular weight is 864 g/mol. The molecule has 1 nitrogen and oxygen atoms in total. The molecule has 1 aromatic heterocycles. The summed E-state index contributed by atoms with van der Waals surface area (Å²) in [6, 6.07) is 29.1. The minimum atomic E-state index is 0.0901. The van der Waals surface area contributed by atoms with Crippen LogP contribution >= 0.6 is 45.2 Å². The maximum absolute atomic E-state index is 2.66. The van der Waals surface area contributed by atoms with Crippen LogP contribution in [0.3, 0.4) is 0 Å². The fourth-order valence-electron chi connectivity index (χ4n) is 8.50. The molecule has 0 fully saturated rings. The summed E-state index contributed by atoms with van der Waals surface area (Å²) in [5.41, 5.74) is 11.6. The summed E-state index contributed by atoms with van der Waals surface area (Å²) in [5.74, 6) is 0. The van der Waals surface area contributed by atoms with Gasteiger partial charge in [0.2, 0.25) is 0 Å². The summed E-state index contributed by atoms with van der Waals surface area (Å²) in [6.07, 6.45) is 22.3. The highest BCUT2D eigenvalue weighted by atomic mass is 127. The van der Waals surface area contributed by atoms with E-state index in [1.807, 2.05) is 0 Å². The molecule has 0 spiro atoms. The molecule has 0 N–H and O–H groups in total. The normalized spacial score (nSPS) is 13.4. The van der Waals surface area contributed by atoms with Crippen molar-refractivity contribution in [3.8, 4) is 16.8 Å². The zero-order chi connectivity index (χ0) is 33.5. The first-order valence-electron chi connectivity index (χ1n) is 19.2. The molecule has 0 amide bonds. The quantitative estimate of drug-likeness (QED) is 0.0611. The predicted octanol–water partition coefficient (Wildman–Crippen LogP) is 15.1. The first-order valence-corrected chi connectivity index (χ1v) is 21.3. The topological polar surface area (TPSA) is 4.93 Å². The van der Waals surface area contributed by atoms with Crippen molar-refractivity contribution in [1.82, 2.24) is 4.57 Å². The molecule has 0 atom stereocenters. The highest BCUT2D eigenvalue weighted by Gasteiger charge is 2.43. The first kappa shape index (κ1) is 35.9. The lowest BCUT2D eigenvalue weighted by Gasteiger charge is -2.33. The Morgan fingerprint density at radius 3 is 1.73 bits per heavy atom. The molecule has 1 aliphatic rings. The minimum Gasteiger partial charge on any atom is -0.309 e. The van der Waals surface area contributed by atoms with Crippen LogP contribution in [-0.4, -0.2) is 4.57 Å². The highest BCUT2D eigenvalue weighted by Crippen LogP contribution is 2.56. The second-order valence-corrected chi connectivity index (χ2v) is 17.0. The molecular weight excluding hydrogens is 808 g/mol.